The van der Waals surface area contributed by atoms with Crippen molar-refractivity contribution in [2.24, 2.45) is 0 Å². The van der Waals surface area contributed by atoms with Crippen LogP contribution in [-0.2, 0) is 6.18 Å². The molecular weight excluding hydrogens is 304 g/mol. The monoisotopic (exact) mass is 316 g/mol. The van der Waals surface area contributed by atoms with Gasteiger partial charge in [-0.05, 0) is 31.5 Å². The summed E-state index contributed by atoms with van der Waals surface area (Å²) in [4.78, 5) is -1.21. The van der Waals surface area contributed by atoms with E-state index in [-0.39, 0.29) is 11.3 Å². The number of hydrogen-bond donors (Lipinski definition) is 1. The van der Waals surface area contributed by atoms with Gasteiger partial charge in [0, 0.05) is 0 Å². The van der Waals surface area contributed by atoms with Crippen LogP contribution in [0.5, 0.6) is 5.75 Å². The first-order valence-electron chi connectivity index (χ1n) is 5.47. The highest BCUT2D eigenvalue weighted by Crippen LogP contribution is 2.39. The Morgan fingerprint density at radius 2 is 1.79 bits per heavy atom. The number of rotatable bonds is 4. The average Bonchev–Trinajstić information content (AvgIpc) is 2.26. The molecule has 0 radical (unpaired) electrons. The molecule has 1 aromatic carbocycles. The topological polar surface area (TPSA) is 29.5 Å². The Hall–Kier alpha value is -0.650. The molecule has 1 unspecified atom stereocenters. The summed E-state index contributed by atoms with van der Waals surface area (Å²) in [6, 6.07) is 3.24. The minimum Gasteiger partial charge on any atom is -0.490 e. The summed E-state index contributed by atoms with van der Waals surface area (Å²) in [5, 5.41) is 9.59. The maximum atomic E-state index is 12.9. The van der Waals surface area contributed by atoms with Gasteiger partial charge in [-0.25, -0.2) is 0 Å². The summed E-state index contributed by atoms with van der Waals surface area (Å²) in [6.45, 7) is 3.24. The van der Waals surface area contributed by atoms with Gasteiger partial charge in [-0.1, -0.05) is 6.07 Å². The molecule has 0 saturated heterocycles. The van der Waals surface area contributed by atoms with Crippen LogP contribution in [0.4, 0.5) is 13.2 Å². The fourth-order valence-corrected chi connectivity index (χ4v) is 1.75. The molecule has 0 heterocycles. The van der Waals surface area contributed by atoms with Gasteiger partial charge >= 0.3 is 6.18 Å². The number of alkyl halides is 5. The average molecular weight is 317 g/mol. The predicted molar refractivity (Wildman–Crippen MR) is 67.7 cm³/mol. The highest BCUT2D eigenvalue weighted by Gasteiger charge is 2.35. The number of halogens is 5. The van der Waals surface area contributed by atoms with Crippen LogP contribution < -0.4 is 4.74 Å². The molecule has 1 rings (SSSR count). The van der Waals surface area contributed by atoms with E-state index >= 15 is 0 Å². The summed E-state index contributed by atoms with van der Waals surface area (Å²) in [6.07, 6.45) is -6.38. The molecule has 0 amide bonds. The van der Waals surface area contributed by atoms with Gasteiger partial charge in [0.1, 0.15) is 16.7 Å². The van der Waals surface area contributed by atoms with Crippen molar-refractivity contribution in [2.75, 3.05) is 0 Å². The Bertz CT molecular complexity index is 433. The largest absolute Gasteiger partial charge is 0.490 e. The van der Waals surface area contributed by atoms with Crippen LogP contribution in [0.25, 0.3) is 0 Å². The molecule has 0 aliphatic rings. The van der Waals surface area contributed by atoms with Gasteiger partial charge in [0.15, 0.2) is 0 Å². The molecule has 0 saturated carbocycles. The molecule has 0 spiro atoms. The zero-order valence-electron chi connectivity index (χ0n) is 10.2. The standard InChI is InChI=1S/C12H13Cl2F3O2/c1-6(2)19-9-4-3-7(10(18)11(13)14)5-8(9)12(15,16)17/h3-6,10-11,18H,1-2H3. The second-order valence-electron chi connectivity index (χ2n) is 4.20. The lowest BCUT2D eigenvalue weighted by Gasteiger charge is -2.19. The van der Waals surface area contributed by atoms with Crippen LogP contribution in [0.3, 0.4) is 0 Å². The van der Waals surface area contributed by atoms with Crippen molar-refractivity contribution in [3.63, 3.8) is 0 Å². The third-order valence-electron chi connectivity index (χ3n) is 2.25. The van der Waals surface area contributed by atoms with Crippen molar-refractivity contribution in [1.82, 2.24) is 0 Å². The van der Waals surface area contributed by atoms with Crippen molar-refractivity contribution in [3.8, 4) is 5.75 Å². The summed E-state index contributed by atoms with van der Waals surface area (Å²) in [5.41, 5.74) is -0.981. The van der Waals surface area contributed by atoms with Crippen molar-refractivity contribution >= 4 is 23.2 Å². The molecule has 1 atom stereocenters. The number of aliphatic hydroxyl groups excluding tert-OH is 1. The van der Waals surface area contributed by atoms with Gasteiger partial charge in [-0.2, -0.15) is 13.2 Å². The second kappa shape index (κ2) is 6.20. The smallest absolute Gasteiger partial charge is 0.419 e. The maximum absolute atomic E-state index is 12.9. The zero-order valence-corrected chi connectivity index (χ0v) is 11.7. The Balaban J connectivity index is 3.23. The van der Waals surface area contributed by atoms with E-state index in [2.05, 4.69) is 0 Å². The van der Waals surface area contributed by atoms with Crippen LogP contribution in [0, 0.1) is 0 Å². The molecule has 0 aromatic heterocycles. The van der Waals surface area contributed by atoms with E-state index in [1.807, 2.05) is 0 Å². The quantitative estimate of drug-likeness (QED) is 0.838. The second-order valence-corrected chi connectivity index (χ2v) is 5.36. The number of ether oxygens (including phenoxy) is 1. The Kier molecular flexibility index (Phi) is 5.35. The first-order valence-corrected chi connectivity index (χ1v) is 6.34. The van der Waals surface area contributed by atoms with Crippen molar-refractivity contribution in [1.29, 1.82) is 0 Å². The Morgan fingerprint density at radius 3 is 2.21 bits per heavy atom. The third kappa shape index (κ3) is 4.44. The first kappa shape index (κ1) is 16.4. The Labute approximate surface area is 119 Å². The fourth-order valence-electron chi connectivity index (χ4n) is 1.46. The number of hydrogen-bond acceptors (Lipinski definition) is 2. The third-order valence-corrected chi connectivity index (χ3v) is 2.73. The lowest BCUT2D eigenvalue weighted by atomic mass is 10.1. The fraction of sp³-hybridized carbons (Fsp3) is 0.500. The van der Waals surface area contributed by atoms with Crippen LogP contribution in [0.1, 0.15) is 31.1 Å². The first-order chi connectivity index (χ1) is 8.62. The molecule has 19 heavy (non-hydrogen) atoms. The van der Waals surface area contributed by atoms with Crippen LogP contribution >= 0.6 is 23.2 Å². The number of benzene rings is 1. The summed E-state index contributed by atoms with van der Waals surface area (Å²) in [7, 11) is 0. The van der Waals surface area contributed by atoms with E-state index in [4.69, 9.17) is 27.9 Å². The lowest BCUT2D eigenvalue weighted by Crippen LogP contribution is -2.15. The van der Waals surface area contributed by atoms with Crippen LogP contribution in [-0.4, -0.2) is 16.0 Å². The van der Waals surface area contributed by atoms with Gasteiger partial charge in [-0.15, -0.1) is 23.2 Å². The molecule has 7 heteroatoms. The van der Waals surface area contributed by atoms with Crippen molar-refractivity contribution in [2.45, 2.75) is 37.1 Å². The van der Waals surface area contributed by atoms with Gasteiger partial charge < -0.3 is 9.84 Å². The molecule has 108 valence electrons. The molecule has 0 aliphatic carbocycles. The molecule has 0 bridgehead atoms. The molecule has 2 nitrogen and oxygen atoms in total. The number of aliphatic hydroxyl groups is 1. The van der Waals surface area contributed by atoms with Crippen LogP contribution in [0.15, 0.2) is 18.2 Å². The molecule has 0 aliphatic heterocycles. The normalized spacial score (nSPS) is 14.0. The molecule has 0 fully saturated rings. The highest BCUT2D eigenvalue weighted by molar-refractivity contribution is 6.44. The summed E-state index contributed by atoms with van der Waals surface area (Å²) in [5.74, 6) is -0.292. The summed E-state index contributed by atoms with van der Waals surface area (Å²) >= 11 is 10.9. The van der Waals surface area contributed by atoms with E-state index in [0.29, 0.717) is 0 Å². The van der Waals surface area contributed by atoms with Crippen molar-refractivity contribution < 1.29 is 23.0 Å². The SMILES string of the molecule is CC(C)Oc1ccc(C(O)C(Cl)Cl)cc1C(F)(F)F. The Morgan fingerprint density at radius 1 is 1.21 bits per heavy atom. The molecular formula is C12H13Cl2F3O2. The van der Waals surface area contributed by atoms with E-state index in [9.17, 15) is 18.3 Å². The van der Waals surface area contributed by atoms with Gasteiger partial charge in [0.05, 0.1) is 11.7 Å². The molecule has 1 N–H and O–H groups in total. The summed E-state index contributed by atoms with van der Waals surface area (Å²) < 4.78 is 43.8. The minimum absolute atomic E-state index is 0.0153. The van der Waals surface area contributed by atoms with Gasteiger partial charge in [-0.3, -0.25) is 0 Å². The van der Waals surface area contributed by atoms with E-state index in [1.54, 1.807) is 13.8 Å². The minimum atomic E-state index is -4.59. The van der Waals surface area contributed by atoms with Crippen LogP contribution in [0.2, 0.25) is 0 Å². The van der Waals surface area contributed by atoms with Gasteiger partial charge in [0.25, 0.3) is 0 Å². The highest BCUT2D eigenvalue weighted by atomic mass is 35.5. The van der Waals surface area contributed by atoms with E-state index < -0.39 is 28.8 Å². The van der Waals surface area contributed by atoms with E-state index in [1.165, 1.54) is 6.07 Å². The maximum Gasteiger partial charge on any atom is 0.419 e. The lowest BCUT2D eigenvalue weighted by molar-refractivity contribution is -0.139. The zero-order chi connectivity index (χ0) is 14.8. The predicted octanol–water partition coefficient (Wildman–Crippen LogP) is 4.33. The van der Waals surface area contributed by atoms with E-state index in [0.717, 1.165) is 12.1 Å². The van der Waals surface area contributed by atoms with Gasteiger partial charge in [0.2, 0.25) is 0 Å². The molecule has 1 aromatic rings. The van der Waals surface area contributed by atoms with Crippen molar-refractivity contribution in [3.05, 3.63) is 29.3 Å².